The van der Waals surface area contributed by atoms with E-state index in [2.05, 4.69) is 5.92 Å². The van der Waals surface area contributed by atoms with Gasteiger partial charge in [-0.25, -0.2) is 13.6 Å². The molecular weight excluding hydrogens is 295 g/mol. The van der Waals surface area contributed by atoms with Crippen molar-refractivity contribution >= 4 is 11.7 Å². The van der Waals surface area contributed by atoms with Gasteiger partial charge in [-0.1, -0.05) is 12.8 Å². The molecule has 1 heterocycles. The summed E-state index contributed by atoms with van der Waals surface area (Å²) in [5, 5.41) is 3.58. The lowest BCUT2D eigenvalue weighted by molar-refractivity contribution is -0.179. The van der Waals surface area contributed by atoms with Gasteiger partial charge < -0.3 is 10.6 Å². The van der Waals surface area contributed by atoms with Gasteiger partial charge in [0.2, 0.25) is 5.54 Å². The summed E-state index contributed by atoms with van der Waals surface area (Å²) in [6.07, 6.45) is -5.08. The maximum Gasteiger partial charge on any atom is 0.427 e. The third-order valence-corrected chi connectivity index (χ3v) is 2.90. The molecule has 112 valence electrons. The number of hydrogen-bond acceptors (Lipinski definition) is 1. The maximum atomic E-state index is 13.9. The summed E-state index contributed by atoms with van der Waals surface area (Å²) in [7, 11) is 0. The molecule has 2 rings (SSSR count). The largest absolute Gasteiger partial charge is 0.427 e. The maximum absolute atomic E-state index is 13.9. The van der Waals surface area contributed by atoms with E-state index in [9.17, 15) is 26.7 Å². The first kappa shape index (κ1) is 15.1. The van der Waals surface area contributed by atoms with Gasteiger partial charge in [-0.2, -0.15) is 13.2 Å². The molecule has 2 amide bonds. The van der Waals surface area contributed by atoms with Crippen LogP contribution in [0.15, 0.2) is 12.1 Å². The zero-order valence-electron chi connectivity index (χ0n) is 10.7. The average Bonchev–Trinajstić information content (AvgIpc) is 2.38. The third-order valence-electron chi connectivity index (χ3n) is 2.90. The molecule has 1 aromatic carbocycles. The lowest BCUT2D eigenvalue weighted by atomic mass is 9.86. The van der Waals surface area contributed by atoms with Crippen LogP contribution in [-0.2, 0) is 5.54 Å². The Kier molecular flexibility index (Phi) is 3.53. The number of benzene rings is 1. The highest BCUT2D eigenvalue weighted by Gasteiger charge is 2.60. The highest BCUT2D eigenvalue weighted by molar-refractivity contribution is 5.94. The first-order chi connectivity index (χ1) is 9.73. The van der Waals surface area contributed by atoms with Gasteiger partial charge in [0.05, 0.1) is 11.3 Å². The monoisotopic (exact) mass is 304 g/mol. The van der Waals surface area contributed by atoms with Crippen LogP contribution in [0.3, 0.4) is 0 Å². The zero-order valence-corrected chi connectivity index (χ0v) is 10.7. The minimum atomic E-state index is -5.13. The molecule has 2 N–H and O–H groups in total. The molecule has 0 saturated carbocycles. The molecule has 1 unspecified atom stereocenters. The van der Waals surface area contributed by atoms with Gasteiger partial charge in [0.15, 0.2) is 11.6 Å². The van der Waals surface area contributed by atoms with Crippen molar-refractivity contribution in [3.8, 4) is 11.8 Å². The Hall–Kier alpha value is -2.30. The van der Waals surface area contributed by atoms with Crippen LogP contribution >= 0.6 is 0 Å². The summed E-state index contributed by atoms with van der Waals surface area (Å²) in [5.41, 5.74) is -4.83. The first-order valence-electron chi connectivity index (χ1n) is 5.87. The SMILES string of the molecule is CCC#CC1(C(F)(F)F)NC(=O)Nc2ccc(F)c(F)c21. The van der Waals surface area contributed by atoms with Crippen molar-refractivity contribution in [2.45, 2.75) is 25.1 Å². The lowest BCUT2D eigenvalue weighted by Crippen LogP contribution is -2.59. The summed E-state index contributed by atoms with van der Waals surface area (Å²) in [4.78, 5) is 11.4. The predicted molar refractivity (Wildman–Crippen MR) is 64.3 cm³/mol. The Bertz CT molecular complexity index is 659. The third kappa shape index (κ3) is 2.28. The fourth-order valence-electron chi connectivity index (χ4n) is 2.01. The molecule has 8 heteroatoms. The van der Waals surface area contributed by atoms with E-state index in [1.807, 2.05) is 11.2 Å². The van der Waals surface area contributed by atoms with Crippen LogP contribution < -0.4 is 10.6 Å². The number of fused-ring (bicyclic) bond motifs is 1. The number of urea groups is 1. The number of nitrogens with one attached hydrogen (secondary N) is 2. The number of alkyl halides is 3. The van der Waals surface area contributed by atoms with Crippen LogP contribution in [0.5, 0.6) is 0 Å². The second-order valence-electron chi connectivity index (χ2n) is 4.27. The topological polar surface area (TPSA) is 41.1 Å². The second kappa shape index (κ2) is 4.91. The molecule has 1 aliphatic rings. The number of rotatable bonds is 0. The van der Waals surface area contributed by atoms with Crippen LogP contribution in [-0.4, -0.2) is 12.2 Å². The zero-order chi connectivity index (χ0) is 15.8. The highest BCUT2D eigenvalue weighted by atomic mass is 19.4. The van der Waals surface area contributed by atoms with Crippen LogP contribution in [0, 0.1) is 23.5 Å². The highest BCUT2D eigenvalue weighted by Crippen LogP contribution is 2.45. The molecule has 0 spiro atoms. The van der Waals surface area contributed by atoms with E-state index in [0.29, 0.717) is 6.07 Å². The molecule has 21 heavy (non-hydrogen) atoms. The Morgan fingerprint density at radius 1 is 1.29 bits per heavy atom. The van der Waals surface area contributed by atoms with Gasteiger partial charge in [-0.05, 0) is 12.1 Å². The van der Waals surface area contributed by atoms with Gasteiger partial charge in [0.25, 0.3) is 0 Å². The molecule has 0 bridgehead atoms. The van der Waals surface area contributed by atoms with E-state index < -0.39 is 40.6 Å². The fraction of sp³-hybridized carbons (Fsp3) is 0.308. The van der Waals surface area contributed by atoms with Crippen LogP contribution in [0.25, 0.3) is 0 Å². The van der Waals surface area contributed by atoms with E-state index in [1.54, 1.807) is 5.32 Å². The molecule has 3 nitrogen and oxygen atoms in total. The molecular formula is C13H9F5N2O. The number of hydrogen-bond donors (Lipinski definition) is 2. The minimum absolute atomic E-state index is 0.0490. The average molecular weight is 304 g/mol. The van der Waals surface area contributed by atoms with Crippen LogP contribution in [0.2, 0.25) is 0 Å². The Morgan fingerprint density at radius 3 is 2.52 bits per heavy atom. The molecule has 1 aromatic rings. The number of halogens is 5. The quantitative estimate of drug-likeness (QED) is 0.560. The summed E-state index contributed by atoms with van der Waals surface area (Å²) in [6, 6.07) is 0.297. The van der Waals surface area contributed by atoms with Crippen LogP contribution in [0.1, 0.15) is 18.9 Å². The van der Waals surface area contributed by atoms with E-state index >= 15 is 0 Å². The van der Waals surface area contributed by atoms with E-state index in [4.69, 9.17) is 0 Å². The van der Waals surface area contributed by atoms with Crippen molar-refractivity contribution < 1.29 is 26.7 Å². The molecule has 1 atom stereocenters. The normalized spacial score (nSPS) is 20.8. The minimum Gasteiger partial charge on any atom is -0.310 e. The van der Waals surface area contributed by atoms with Crippen molar-refractivity contribution in [1.82, 2.24) is 5.32 Å². The van der Waals surface area contributed by atoms with Crippen molar-refractivity contribution in [2.75, 3.05) is 5.32 Å². The first-order valence-corrected chi connectivity index (χ1v) is 5.87. The van der Waals surface area contributed by atoms with Crippen molar-refractivity contribution in [3.05, 3.63) is 29.3 Å². The van der Waals surface area contributed by atoms with E-state index in [-0.39, 0.29) is 6.42 Å². The number of carbonyl (C=O) groups excluding carboxylic acids is 1. The lowest BCUT2D eigenvalue weighted by Gasteiger charge is -2.37. The van der Waals surface area contributed by atoms with Gasteiger partial charge in [-0.15, -0.1) is 5.92 Å². The van der Waals surface area contributed by atoms with E-state index in [0.717, 1.165) is 6.07 Å². The molecule has 0 saturated heterocycles. The van der Waals surface area contributed by atoms with Crippen molar-refractivity contribution in [2.24, 2.45) is 0 Å². The van der Waals surface area contributed by atoms with E-state index in [1.165, 1.54) is 6.92 Å². The van der Waals surface area contributed by atoms with Gasteiger partial charge >= 0.3 is 12.2 Å². The summed E-state index contributed by atoms with van der Waals surface area (Å²) < 4.78 is 67.6. The molecule has 0 fully saturated rings. The fourth-order valence-corrected chi connectivity index (χ4v) is 2.01. The standard InChI is InChI=1S/C13H9F5N2O/c1-2-3-6-12(13(16,17)18)9-8(19-11(21)20-12)5-4-7(14)10(9)15/h4-5H,2H2,1H3,(H2,19,20,21). The molecule has 1 aliphatic heterocycles. The van der Waals surface area contributed by atoms with Gasteiger partial charge in [0, 0.05) is 6.42 Å². The Labute approximate surface area is 116 Å². The Morgan fingerprint density at radius 2 is 1.95 bits per heavy atom. The summed E-state index contributed by atoms with van der Waals surface area (Å²) in [5.74, 6) is 0.832. The summed E-state index contributed by atoms with van der Waals surface area (Å²) in [6.45, 7) is 1.49. The number of anilines is 1. The number of amides is 2. The molecule has 0 aromatic heterocycles. The predicted octanol–water partition coefficient (Wildman–Crippen LogP) is 3.27. The van der Waals surface area contributed by atoms with Crippen molar-refractivity contribution in [3.63, 3.8) is 0 Å². The van der Waals surface area contributed by atoms with Crippen LogP contribution in [0.4, 0.5) is 32.4 Å². The molecule has 0 aliphatic carbocycles. The summed E-state index contributed by atoms with van der Waals surface area (Å²) >= 11 is 0. The number of carbonyl (C=O) groups is 1. The van der Waals surface area contributed by atoms with Crippen molar-refractivity contribution in [1.29, 1.82) is 0 Å². The molecule has 0 radical (unpaired) electrons. The second-order valence-corrected chi connectivity index (χ2v) is 4.27. The van der Waals surface area contributed by atoms with Gasteiger partial charge in [0.1, 0.15) is 0 Å². The smallest absolute Gasteiger partial charge is 0.310 e. The Balaban J connectivity index is 2.85. The van der Waals surface area contributed by atoms with Gasteiger partial charge in [-0.3, -0.25) is 0 Å².